The number of nitrogens with zero attached hydrogens (tertiary/aromatic N) is 3. The van der Waals surface area contributed by atoms with Crippen molar-refractivity contribution in [3.8, 4) is 0 Å². The molecule has 2 aliphatic rings. The molecule has 0 radical (unpaired) electrons. The average Bonchev–Trinajstić information content (AvgIpc) is 3.21. The molecule has 2 fully saturated rings. The van der Waals surface area contributed by atoms with Crippen LogP contribution in [0.2, 0.25) is 0 Å². The van der Waals surface area contributed by atoms with Crippen molar-refractivity contribution in [1.82, 2.24) is 9.97 Å². The molecular weight excluding hydrogens is 266 g/mol. The second kappa shape index (κ2) is 5.87. The Morgan fingerprint density at radius 1 is 1.43 bits per heavy atom. The third kappa shape index (κ3) is 3.09. The summed E-state index contributed by atoms with van der Waals surface area (Å²) in [6, 6.07) is 1.72. The minimum absolute atomic E-state index is 0.231. The van der Waals surface area contributed by atoms with Crippen LogP contribution in [0.4, 0.5) is 11.6 Å². The van der Waals surface area contributed by atoms with E-state index in [1.165, 1.54) is 0 Å². The van der Waals surface area contributed by atoms with Gasteiger partial charge in [0.25, 0.3) is 0 Å². The van der Waals surface area contributed by atoms with E-state index < -0.39 is 0 Å². The standard InChI is InChI=1S/C15H23N5O/c1-2-7-17-12-9-13(19-15(18-12)10-5-6-10)20-8-3-4-11(20)14(16)21/h9-11H,2-8H2,1H3,(H2,16,21)(H,17,18,19). The predicted octanol–water partition coefficient (Wildman–Crippen LogP) is 1.63. The number of rotatable bonds is 6. The molecule has 0 bridgehead atoms. The highest BCUT2D eigenvalue weighted by atomic mass is 16.1. The predicted molar refractivity (Wildman–Crippen MR) is 82.4 cm³/mol. The lowest BCUT2D eigenvalue weighted by Crippen LogP contribution is -2.40. The van der Waals surface area contributed by atoms with Gasteiger partial charge >= 0.3 is 0 Å². The summed E-state index contributed by atoms with van der Waals surface area (Å²) >= 11 is 0. The van der Waals surface area contributed by atoms with Gasteiger partial charge in [0.15, 0.2) is 0 Å². The third-order valence-corrected chi connectivity index (χ3v) is 4.10. The molecule has 1 aromatic rings. The van der Waals surface area contributed by atoms with Crippen LogP contribution in [0.1, 0.15) is 50.8 Å². The molecule has 1 unspecified atom stereocenters. The van der Waals surface area contributed by atoms with Crippen molar-refractivity contribution in [1.29, 1.82) is 0 Å². The zero-order valence-electron chi connectivity index (χ0n) is 12.5. The Morgan fingerprint density at radius 2 is 2.24 bits per heavy atom. The van der Waals surface area contributed by atoms with Crippen LogP contribution in [-0.4, -0.2) is 35.0 Å². The van der Waals surface area contributed by atoms with Gasteiger partial charge in [0.2, 0.25) is 5.91 Å². The minimum Gasteiger partial charge on any atom is -0.370 e. The van der Waals surface area contributed by atoms with Crippen LogP contribution < -0.4 is 16.0 Å². The summed E-state index contributed by atoms with van der Waals surface area (Å²) in [7, 11) is 0. The molecule has 0 aromatic carbocycles. The monoisotopic (exact) mass is 289 g/mol. The maximum atomic E-state index is 11.6. The molecule has 3 rings (SSSR count). The fourth-order valence-corrected chi connectivity index (χ4v) is 2.80. The highest BCUT2D eigenvalue weighted by molar-refractivity contribution is 5.84. The van der Waals surface area contributed by atoms with Crippen LogP contribution in [0.15, 0.2) is 6.07 Å². The van der Waals surface area contributed by atoms with E-state index in [2.05, 4.69) is 22.2 Å². The SMILES string of the molecule is CCCNc1cc(N2CCCC2C(N)=O)nc(C2CC2)n1. The summed E-state index contributed by atoms with van der Waals surface area (Å²) in [5.74, 6) is 2.83. The molecule has 6 heteroatoms. The summed E-state index contributed by atoms with van der Waals surface area (Å²) in [4.78, 5) is 22.9. The summed E-state index contributed by atoms with van der Waals surface area (Å²) in [5, 5.41) is 3.33. The highest BCUT2D eigenvalue weighted by Gasteiger charge is 2.32. The van der Waals surface area contributed by atoms with Gasteiger partial charge < -0.3 is 16.0 Å². The smallest absolute Gasteiger partial charge is 0.240 e. The summed E-state index contributed by atoms with van der Waals surface area (Å²) < 4.78 is 0. The maximum absolute atomic E-state index is 11.6. The molecule has 3 N–H and O–H groups in total. The molecule has 6 nitrogen and oxygen atoms in total. The number of nitrogens with two attached hydrogens (primary N) is 1. The van der Waals surface area contributed by atoms with Gasteiger partial charge in [0.05, 0.1) is 0 Å². The Morgan fingerprint density at radius 3 is 2.90 bits per heavy atom. The zero-order valence-corrected chi connectivity index (χ0v) is 12.5. The van der Waals surface area contributed by atoms with E-state index in [-0.39, 0.29) is 11.9 Å². The van der Waals surface area contributed by atoms with Crippen molar-refractivity contribution in [2.24, 2.45) is 5.73 Å². The largest absolute Gasteiger partial charge is 0.370 e. The van der Waals surface area contributed by atoms with Crippen molar-refractivity contribution in [2.75, 3.05) is 23.3 Å². The number of aromatic nitrogens is 2. The molecule has 1 atom stereocenters. The highest BCUT2D eigenvalue weighted by Crippen LogP contribution is 2.39. The number of primary amides is 1. The number of carbonyl (C=O) groups excluding carboxylic acids is 1. The first-order chi connectivity index (χ1) is 10.2. The van der Waals surface area contributed by atoms with Crippen LogP contribution in [0.25, 0.3) is 0 Å². The minimum atomic E-state index is -0.262. The van der Waals surface area contributed by atoms with Crippen molar-refractivity contribution in [2.45, 2.75) is 51.0 Å². The zero-order chi connectivity index (χ0) is 14.8. The lowest BCUT2D eigenvalue weighted by atomic mass is 10.2. The lowest BCUT2D eigenvalue weighted by molar-refractivity contribution is -0.119. The van der Waals surface area contributed by atoms with E-state index >= 15 is 0 Å². The van der Waals surface area contributed by atoms with E-state index in [0.717, 1.165) is 62.7 Å². The first kappa shape index (κ1) is 14.1. The number of nitrogens with one attached hydrogen (secondary N) is 1. The van der Waals surface area contributed by atoms with E-state index in [1.807, 2.05) is 11.0 Å². The Kier molecular flexibility index (Phi) is 3.94. The Labute approximate surface area is 125 Å². The third-order valence-electron chi connectivity index (χ3n) is 4.10. The molecule has 1 saturated carbocycles. The molecule has 2 heterocycles. The van der Waals surface area contributed by atoms with Crippen LogP contribution in [0.5, 0.6) is 0 Å². The van der Waals surface area contributed by atoms with Gasteiger partial charge in [-0.25, -0.2) is 9.97 Å². The first-order valence-corrected chi connectivity index (χ1v) is 7.88. The van der Waals surface area contributed by atoms with Crippen molar-refractivity contribution >= 4 is 17.5 Å². The summed E-state index contributed by atoms with van der Waals surface area (Å²) in [6.45, 7) is 3.85. The van der Waals surface area contributed by atoms with Crippen molar-refractivity contribution < 1.29 is 4.79 Å². The molecule has 0 spiro atoms. The molecule has 1 aliphatic heterocycles. The molecule has 1 aromatic heterocycles. The molecule has 1 amide bonds. The van der Waals surface area contributed by atoms with E-state index in [4.69, 9.17) is 5.73 Å². The molecule has 1 aliphatic carbocycles. The summed E-state index contributed by atoms with van der Waals surface area (Å²) in [5.41, 5.74) is 5.51. The van der Waals surface area contributed by atoms with Crippen molar-refractivity contribution in [3.05, 3.63) is 11.9 Å². The Hall–Kier alpha value is -1.85. The number of anilines is 2. The van der Waals surface area contributed by atoms with Gasteiger partial charge in [0.1, 0.15) is 23.5 Å². The van der Waals surface area contributed by atoms with Crippen LogP contribution in [0, 0.1) is 0 Å². The molecular formula is C15H23N5O. The van der Waals surface area contributed by atoms with Gasteiger partial charge in [0, 0.05) is 25.1 Å². The van der Waals surface area contributed by atoms with Gasteiger partial charge in [-0.1, -0.05) is 6.92 Å². The summed E-state index contributed by atoms with van der Waals surface area (Å²) in [6.07, 6.45) is 5.17. The Bertz CT molecular complexity index is 529. The first-order valence-electron chi connectivity index (χ1n) is 7.88. The normalized spacial score (nSPS) is 21.6. The van der Waals surface area contributed by atoms with Crippen LogP contribution >= 0.6 is 0 Å². The molecule has 21 heavy (non-hydrogen) atoms. The lowest BCUT2D eigenvalue weighted by Gasteiger charge is -2.24. The van der Waals surface area contributed by atoms with E-state index in [1.54, 1.807) is 0 Å². The van der Waals surface area contributed by atoms with E-state index in [0.29, 0.717) is 5.92 Å². The van der Waals surface area contributed by atoms with Crippen molar-refractivity contribution in [3.63, 3.8) is 0 Å². The Balaban J connectivity index is 1.89. The van der Waals surface area contributed by atoms with E-state index in [9.17, 15) is 4.79 Å². The molecule has 114 valence electrons. The van der Waals surface area contributed by atoms with Gasteiger partial charge in [-0.15, -0.1) is 0 Å². The number of hydrogen-bond donors (Lipinski definition) is 2. The van der Waals surface area contributed by atoms with Gasteiger partial charge in [-0.3, -0.25) is 4.79 Å². The van der Waals surface area contributed by atoms with Crippen LogP contribution in [0.3, 0.4) is 0 Å². The molecule has 1 saturated heterocycles. The quantitative estimate of drug-likeness (QED) is 0.831. The fraction of sp³-hybridized carbons (Fsp3) is 0.667. The second-order valence-electron chi connectivity index (χ2n) is 5.92. The number of amides is 1. The maximum Gasteiger partial charge on any atom is 0.240 e. The van der Waals surface area contributed by atoms with Gasteiger partial charge in [-0.05, 0) is 32.1 Å². The average molecular weight is 289 g/mol. The second-order valence-corrected chi connectivity index (χ2v) is 5.92. The fourth-order valence-electron chi connectivity index (χ4n) is 2.80. The van der Waals surface area contributed by atoms with Gasteiger partial charge in [-0.2, -0.15) is 0 Å². The topological polar surface area (TPSA) is 84.1 Å². The number of hydrogen-bond acceptors (Lipinski definition) is 5. The van der Waals surface area contributed by atoms with Crippen LogP contribution in [-0.2, 0) is 4.79 Å². The number of carbonyl (C=O) groups is 1.